The molecule has 10 heteroatoms. The van der Waals surface area contributed by atoms with E-state index in [1.807, 2.05) is 5.38 Å². The van der Waals surface area contributed by atoms with Crippen molar-refractivity contribution in [1.82, 2.24) is 9.88 Å². The summed E-state index contributed by atoms with van der Waals surface area (Å²) in [7, 11) is 1.41. The standard InChI is InChI=1S/C16H18N4O5S/c1-24-14-4-12(16(21)19-3-2-10(17)6-19)13(20(22)23)5-15(14)25-7-11-8-26-9-18-11/h4-5,8-10H,2-3,6-7,17H2,1H3/t10-/m1/s1. The highest BCUT2D eigenvalue weighted by molar-refractivity contribution is 7.07. The van der Waals surface area contributed by atoms with Gasteiger partial charge in [-0.1, -0.05) is 0 Å². The summed E-state index contributed by atoms with van der Waals surface area (Å²) in [5, 5.41) is 13.3. The summed E-state index contributed by atoms with van der Waals surface area (Å²) >= 11 is 1.42. The lowest BCUT2D eigenvalue weighted by Crippen LogP contribution is -2.32. The molecule has 138 valence electrons. The van der Waals surface area contributed by atoms with Gasteiger partial charge in [-0.15, -0.1) is 11.3 Å². The first-order valence-corrected chi connectivity index (χ1v) is 8.85. The molecule has 2 aromatic rings. The van der Waals surface area contributed by atoms with E-state index in [9.17, 15) is 14.9 Å². The molecule has 0 spiro atoms. The second-order valence-electron chi connectivity index (χ2n) is 5.85. The number of amides is 1. The topological polar surface area (TPSA) is 121 Å². The number of nitro groups is 1. The summed E-state index contributed by atoms with van der Waals surface area (Å²) in [5.41, 5.74) is 7.83. The predicted octanol–water partition coefficient (Wildman–Crippen LogP) is 1.81. The Kier molecular flexibility index (Phi) is 5.33. The maximum absolute atomic E-state index is 12.7. The SMILES string of the molecule is COc1cc(C(=O)N2CC[C@@H](N)C2)c([N+](=O)[O-])cc1OCc1cscn1. The van der Waals surface area contributed by atoms with E-state index in [-0.39, 0.29) is 35.4 Å². The first kappa shape index (κ1) is 18.1. The summed E-state index contributed by atoms with van der Waals surface area (Å²) in [5.74, 6) is -0.00597. The number of carbonyl (C=O) groups is 1. The van der Waals surface area contributed by atoms with Crippen molar-refractivity contribution in [2.45, 2.75) is 19.1 Å². The highest BCUT2D eigenvalue weighted by atomic mass is 32.1. The van der Waals surface area contributed by atoms with Crippen LogP contribution < -0.4 is 15.2 Å². The Labute approximate surface area is 153 Å². The van der Waals surface area contributed by atoms with Gasteiger partial charge in [-0.05, 0) is 6.42 Å². The molecule has 1 aliphatic heterocycles. The van der Waals surface area contributed by atoms with Crippen LogP contribution in [-0.4, -0.2) is 47.0 Å². The second kappa shape index (κ2) is 7.67. The van der Waals surface area contributed by atoms with Crippen LogP contribution in [0.5, 0.6) is 11.5 Å². The summed E-state index contributed by atoms with van der Waals surface area (Å²) in [6.07, 6.45) is 0.672. The van der Waals surface area contributed by atoms with Gasteiger partial charge in [0.15, 0.2) is 11.5 Å². The lowest BCUT2D eigenvalue weighted by Gasteiger charge is -2.17. The number of thiazole rings is 1. The first-order valence-electron chi connectivity index (χ1n) is 7.90. The van der Waals surface area contributed by atoms with Crippen LogP contribution in [0.3, 0.4) is 0 Å². The predicted molar refractivity (Wildman–Crippen MR) is 94.6 cm³/mol. The molecule has 1 atom stereocenters. The first-order chi connectivity index (χ1) is 12.5. The van der Waals surface area contributed by atoms with E-state index in [1.54, 1.807) is 5.51 Å². The van der Waals surface area contributed by atoms with Crippen molar-refractivity contribution in [3.8, 4) is 11.5 Å². The van der Waals surface area contributed by atoms with Crippen LogP contribution in [0.25, 0.3) is 0 Å². The molecule has 1 aromatic heterocycles. The van der Waals surface area contributed by atoms with Crippen molar-refractivity contribution in [2.75, 3.05) is 20.2 Å². The number of nitro benzene ring substituents is 1. The molecule has 0 unspecified atom stereocenters. The van der Waals surface area contributed by atoms with Gasteiger partial charge in [0, 0.05) is 30.6 Å². The number of hydrogen-bond donors (Lipinski definition) is 1. The van der Waals surface area contributed by atoms with Crippen LogP contribution >= 0.6 is 11.3 Å². The Bertz CT molecular complexity index is 811. The van der Waals surface area contributed by atoms with E-state index in [2.05, 4.69) is 4.98 Å². The van der Waals surface area contributed by atoms with E-state index in [1.165, 1.54) is 35.5 Å². The van der Waals surface area contributed by atoms with E-state index in [4.69, 9.17) is 15.2 Å². The Morgan fingerprint density at radius 3 is 2.88 bits per heavy atom. The molecule has 1 fully saturated rings. The molecule has 0 aliphatic carbocycles. The van der Waals surface area contributed by atoms with Crippen LogP contribution in [0.2, 0.25) is 0 Å². The number of likely N-dealkylation sites (tertiary alicyclic amines) is 1. The fraction of sp³-hybridized carbons (Fsp3) is 0.375. The van der Waals surface area contributed by atoms with Crippen LogP contribution in [0.1, 0.15) is 22.5 Å². The van der Waals surface area contributed by atoms with Gasteiger partial charge < -0.3 is 20.1 Å². The Morgan fingerprint density at radius 1 is 1.50 bits per heavy atom. The van der Waals surface area contributed by atoms with Gasteiger partial charge in [-0.3, -0.25) is 14.9 Å². The molecule has 2 heterocycles. The number of nitrogens with two attached hydrogens (primary N) is 1. The zero-order chi connectivity index (χ0) is 18.7. The van der Waals surface area contributed by atoms with Crippen molar-refractivity contribution in [1.29, 1.82) is 0 Å². The number of aromatic nitrogens is 1. The van der Waals surface area contributed by atoms with Gasteiger partial charge in [0.25, 0.3) is 11.6 Å². The van der Waals surface area contributed by atoms with Crippen LogP contribution in [0.15, 0.2) is 23.0 Å². The third kappa shape index (κ3) is 3.75. The van der Waals surface area contributed by atoms with Gasteiger partial charge in [0.2, 0.25) is 0 Å². The molecular weight excluding hydrogens is 360 g/mol. The molecule has 26 heavy (non-hydrogen) atoms. The zero-order valence-electron chi connectivity index (χ0n) is 14.1. The average Bonchev–Trinajstić information content (AvgIpc) is 3.30. The number of carbonyl (C=O) groups excluding carboxylic acids is 1. The van der Waals surface area contributed by atoms with Crippen LogP contribution in [0.4, 0.5) is 5.69 Å². The van der Waals surface area contributed by atoms with E-state index < -0.39 is 10.8 Å². The average molecular weight is 378 g/mol. The minimum absolute atomic E-state index is 0.0399. The number of hydrogen-bond acceptors (Lipinski definition) is 8. The third-order valence-electron chi connectivity index (χ3n) is 4.08. The molecule has 0 radical (unpaired) electrons. The molecule has 1 saturated heterocycles. The fourth-order valence-electron chi connectivity index (χ4n) is 2.75. The monoisotopic (exact) mass is 378 g/mol. The summed E-state index contributed by atoms with van der Waals surface area (Å²) < 4.78 is 10.9. The van der Waals surface area contributed by atoms with E-state index in [0.717, 1.165) is 0 Å². The van der Waals surface area contributed by atoms with Crippen molar-refractivity contribution in [3.05, 3.63) is 44.4 Å². The second-order valence-corrected chi connectivity index (χ2v) is 6.56. The van der Waals surface area contributed by atoms with Gasteiger partial charge in [-0.25, -0.2) is 4.98 Å². The molecule has 3 rings (SSSR count). The minimum atomic E-state index is -0.599. The molecule has 1 aliphatic rings. The van der Waals surface area contributed by atoms with E-state index >= 15 is 0 Å². The van der Waals surface area contributed by atoms with Gasteiger partial charge in [-0.2, -0.15) is 0 Å². The maximum Gasteiger partial charge on any atom is 0.286 e. The number of rotatable bonds is 6. The van der Waals surface area contributed by atoms with Crippen molar-refractivity contribution in [3.63, 3.8) is 0 Å². The molecule has 2 N–H and O–H groups in total. The molecule has 0 bridgehead atoms. The Balaban J connectivity index is 1.91. The summed E-state index contributed by atoms with van der Waals surface area (Å²) in [4.78, 5) is 29.2. The lowest BCUT2D eigenvalue weighted by atomic mass is 10.1. The number of methoxy groups -OCH3 is 1. The zero-order valence-corrected chi connectivity index (χ0v) is 14.9. The third-order valence-corrected chi connectivity index (χ3v) is 4.72. The Hall–Kier alpha value is -2.72. The van der Waals surface area contributed by atoms with Gasteiger partial charge in [0.05, 0.1) is 29.3 Å². The summed E-state index contributed by atoms with van der Waals surface area (Å²) in [6, 6.07) is 2.45. The molecule has 9 nitrogen and oxygen atoms in total. The summed E-state index contributed by atoms with van der Waals surface area (Å²) in [6.45, 7) is 0.993. The van der Waals surface area contributed by atoms with Crippen LogP contribution in [0, 0.1) is 10.1 Å². The lowest BCUT2D eigenvalue weighted by molar-refractivity contribution is -0.385. The van der Waals surface area contributed by atoms with Crippen molar-refractivity contribution >= 4 is 22.9 Å². The quantitative estimate of drug-likeness (QED) is 0.601. The van der Waals surface area contributed by atoms with Gasteiger partial charge >= 0.3 is 0 Å². The number of ether oxygens (including phenoxy) is 2. The minimum Gasteiger partial charge on any atom is -0.493 e. The largest absolute Gasteiger partial charge is 0.493 e. The van der Waals surface area contributed by atoms with Crippen molar-refractivity contribution < 1.29 is 19.2 Å². The van der Waals surface area contributed by atoms with Gasteiger partial charge in [0.1, 0.15) is 12.2 Å². The molecule has 1 aromatic carbocycles. The molecule has 1 amide bonds. The molecule has 0 saturated carbocycles. The maximum atomic E-state index is 12.7. The fourth-order valence-corrected chi connectivity index (χ4v) is 3.29. The highest BCUT2D eigenvalue weighted by Crippen LogP contribution is 2.36. The smallest absolute Gasteiger partial charge is 0.286 e. The van der Waals surface area contributed by atoms with E-state index in [0.29, 0.717) is 25.2 Å². The van der Waals surface area contributed by atoms with Crippen LogP contribution in [-0.2, 0) is 6.61 Å². The number of nitrogens with zero attached hydrogens (tertiary/aromatic N) is 3. The highest BCUT2D eigenvalue weighted by Gasteiger charge is 2.31. The normalized spacial score (nSPS) is 16.5. The number of benzene rings is 1. The van der Waals surface area contributed by atoms with Crippen molar-refractivity contribution in [2.24, 2.45) is 5.73 Å². The molecular formula is C16H18N4O5S. The Morgan fingerprint density at radius 2 is 2.31 bits per heavy atom.